The largest absolute Gasteiger partial charge is 0.295 e. The van der Waals surface area contributed by atoms with Crippen molar-refractivity contribution in [3.05, 3.63) is 59.4 Å². The molecule has 0 aliphatic rings. The zero-order valence-corrected chi connectivity index (χ0v) is 12.4. The Kier molecular flexibility index (Phi) is 4.09. The summed E-state index contributed by atoms with van der Waals surface area (Å²) in [6.07, 6.45) is 0. The number of carbonyl (C=O) groups excluding carboxylic acids is 1. The molecule has 0 unspecified atom stereocenters. The fraction of sp³-hybridized carbons (Fsp3) is 0.133. The van der Waals surface area contributed by atoms with Gasteiger partial charge in [0.25, 0.3) is 10.0 Å². The second-order valence-corrected chi connectivity index (χ2v) is 6.34. The number of nitrogens with one attached hydrogen (secondary N) is 1. The van der Waals surface area contributed by atoms with E-state index in [1.54, 1.807) is 18.2 Å². The maximum absolute atomic E-state index is 13.2. The molecule has 0 aromatic heterocycles. The number of anilines is 1. The molecule has 0 heterocycles. The predicted octanol–water partition coefficient (Wildman–Crippen LogP) is 3.14. The molecule has 6 heteroatoms. The highest BCUT2D eigenvalue weighted by molar-refractivity contribution is 7.92. The van der Waals surface area contributed by atoms with Crippen molar-refractivity contribution < 1.29 is 17.6 Å². The van der Waals surface area contributed by atoms with E-state index in [0.717, 1.165) is 6.07 Å². The van der Waals surface area contributed by atoms with Gasteiger partial charge in [-0.25, -0.2) is 12.8 Å². The molecule has 0 radical (unpaired) electrons. The SMILES string of the molecule is CC(=O)c1cccc(NS(=O)(=O)c2ccc(F)c(C)c2)c1. The molecule has 0 saturated heterocycles. The number of aryl methyl sites for hydroxylation is 1. The first-order valence-electron chi connectivity index (χ1n) is 6.19. The van der Waals surface area contributed by atoms with Crippen LogP contribution in [0.4, 0.5) is 10.1 Å². The van der Waals surface area contributed by atoms with Crippen LogP contribution >= 0.6 is 0 Å². The lowest BCUT2D eigenvalue weighted by Crippen LogP contribution is -2.13. The number of benzene rings is 2. The number of carbonyl (C=O) groups is 1. The van der Waals surface area contributed by atoms with Crippen molar-refractivity contribution in [3.63, 3.8) is 0 Å². The highest BCUT2D eigenvalue weighted by Gasteiger charge is 2.16. The fourth-order valence-electron chi connectivity index (χ4n) is 1.80. The minimum absolute atomic E-state index is 0.0328. The number of halogens is 1. The first kappa shape index (κ1) is 15.2. The van der Waals surface area contributed by atoms with E-state index in [2.05, 4.69) is 4.72 Å². The lowest BCUT2D eigenvalue weighted by molar-refractivity contribution is 0.101. The summed E-state index contributed by atoms with van der Waals surface area (Å²) in [6.45, 7) is 2.89. The molecule has 2 rings (SSSR count). The first-order valence-corrected chi connectivity index (χ1v) is 7.68. The predicted molar refractivity (Wildman–Crippen MR) is 78.4 cm³/mol. The molecule has 2 aromatic carbocycles. The van der Waals surface area contributed by atoms with E-state index in [-0.39, 0.29) is 21.9 Å². The van der Waals surface area contributed by atoms with Crippen molar-refractivity contribution in [2.75, 3.05) is 4.72 Å². The highest BCUT2D eigenvalue weighted by atomic mass is 32.2. The van der Waals surface area contributed by atoms with Crippen molar-refractivity contribution in [1.82, 2.24) is 0 Å². The molecule has 0 bridgehead atoms. The average Bonchev–Trinajstić information content (AvgIpc) is 2.41. The second kappa shape index (κ2) is 5.65. The Morgan fingerprint density at radius 2 is 1.86 bits per heavy atom. The van der Waals surface area contributed by atoms with Gasteiger partial charge in [0.1, 0.15) is 5.82 Å². The Labute approximate surface area is 122 Å². The lowest BCUT2D eigenvalue weighted by Gasteiger charge is -2.09. The van der Waals surface area contributed by atoms with Gasteiger partial charge in [0.05, 0.1) is 4.90 Å². The third kappa shape index (κ3) is 3.46. The molecule has 21 heavy (non-hydrogen) atoms. The van der Waals surface area contributed by atoms with Crippen LogP contribution in [0.2, 0.25) is 0 Å². The maximum Gasteiger partial charge on any atom is 0.261 e. The van der Waals surface area contributed by atoms with Gasteiger partial charge in [-0.1, -0.05) is 12.1 Å². The van der Waals surface area contributed by atoms with Crippen LogP contribution in [0.5, 0.6) is 0 Å². The van der Waals surface area contributed by atoms with E-state index in [1.807, 2.05) is 0 Å². The van der Waals surface area contributed by atoms with Crippen LogP contribution in [0.15, 0.2) is 47.4 Å². The molecule has 0 spiro atoms. The van der Waals surface area contributed by atoms with E-state index in [0.29, 0.717) is 5.56 Å². The molecule has 110 valence electrons. The molecule has 0 aliphatic carbocycles. The molecular formula is C15H14FNO3S. The third-order valence-electron chi connectivity index (χ3n) is 2.96. The van der Waals surface area contributed by atoms with Gasteiger partial charge < -0.3 is 0 Å². The Balaban J connectivity index is 2.35. The average molecular weight is 307 g/mol. The van der Waals surface area contributed by atoms with Crippen molar-refractivity contribution in [2.45, 2.75) is 18.7 Å². The van der Waals surface area contributed by atoms with Crippen LogP contribution in [-0.2, 0) is 10.0 Å². The zero-order valence-electron chi connectivity index (χ0n) is 11.6. The Hall–Kier alpha value is -2.21. The summed E-state index contributed by atoms with van der Waals surface area (Å²) in [6, 6.07) is 9.74. The maximum atomic E-state index is 13.2. The Morgan fingerprint density at radius 1 is 1.14 bits per heavy atom. The fourth-order valence-corrected chi connectivity index (χ4v) is 2.93. The van der Waals surface area contributed by atoms with Gasteiger partial charge >= 0.3 is 0 Å². The molecule has 4 nitrogen and oxygen atoms in total. The molecule has 0 saturated carbocycles. The molecule has 0 amide bonds. The van der Waals surface area contributed by atoms with Gasteiger partial charge in [-0.15, -0.1) is 0 Å². The van der Waals surface area contributed by atoms with Crippen molar-refractivity contribution >= 4 is 21.5 Å². The van der Waals surface area contributed by atoms with E-state index < -0.39 is 15.8 Å². The number of hydrogen-bond donors (Lipinski definition) is 1. The van der Waals surface area contributed by atoms with Gasteiger partial charge in [-0.3, -0.25) is 9.52 Å². The van der Waals surface area contributed by atoms with E-state index in [9.17, 15) is 17.6 Å². The number of ketones is 1. The first-order chi connectivity index (χ1) is 9.79. The minimum Gasteiger partial charge on any atom is -0.295 e. The van der Waals surface area contributed by atoms with E-state index in [1.165, 1.54) is 32.0 Å². The molecule has 2 aromatic rings. The van der Waals surface area contributed by atoms with Gasteiger partial charge in [0, 0.05) is 11.3 Å². The van der Waals surface area contributed by atoms with Crippen molar-refractivity contribution in [3.8, 4) is 0 Å². The van der Waals surface area contributed by atoms with Crippen LogP contribution in [0, 0.1) is 12.7 Å². The molecule has 0 aliphatic heterocycles. The summed E-state index contributed by atoms with van der Waals surface area (Å²) in [7, 11) is -3.82. The molecule has 1 N–H and O–H groups in total. The zero-order chi connectivity index (χ0) is 15.6. The lowest BCUT2D eigenvalue weighted by atomic mass is 10.1. The summed E-state index contributed by atoms with van der Waals surface area (Å²) in [5.74, 6) is -0.624. The number of Topliss-reactive ketones (excluding diaryl/α,β-unsaturated/α-hetero) is 1. The second-order valence-electron chi connectivity index (χ2n) is 4.65. The minimum atomic E-state index is -3.82. The van der Waals surface area contributed by atoms with Gasteiger partial charge in [-0.05, 0) is 49.7 Å². The normalized spacial score (nSPS) is 11.2. The van der Waals surface area contributed by atoms with E-state index in [4.69, 9.17) is 0 Å². The Morgan fingerprint density at radius 3 is 2.48 bits per heavy atom. The summed E-state index contributed by atoms with van der Waals surface area (Å²) >= 11 is 0. The summed E-state index contributed by atoms with van der Waals surface area (Å²) in [4.78, 5) is 11.3. The summed E-state index contributed by atoms with van der Waals surface area (Å²) in [5, 5.41) is 0. The summed E-state index contributed by atoms with van der Waals surface area (Å²) in [5.41, 5.74) is 0.936. The van der Waals surface area contributed by atoms with Gasteiger partial charge in [0.15, 0.2) is 5.78 Å². The van der Waals surface area contributed by atoms with Crippen molar-refractivity contribution in [1.29, 1.82) is 0 Å². The van der Waals surface area contributed by atoms with Crippen LogP contribution < -0.4 is 4.72 Å². The van der Waals surface area contributed by atoms with E-state index >= 15 is 0 Å². The number of rotatable bonds is 4. The topological polar surface area (TPSA) is 63.2 Å². The van der Waals surface area contributed by atoms with Crippen LogP contribution in [-0.4, -0.2) is 14.2 Å². The molecule has 0 fully saturated rings. The van der Waals surface area contributed by atoms with Crippen LogP contribution in [0.1, 0.15) is 22.8 Å². The molecule has 0 atom stereocenters. The Bertz CT molecular complexity index is 800. The monoisotopic (exact) mass is 307 g/mol. The number of hydrogen-bond acceptors (Lipinski definition) is 3. The smallest absolute Gasteiger partial charge is 0.261 e. The quantitative estimate of drug-likeness (QED) is 0.883. The third-order valence-corrected chi connectivity index (χ3v) is 4.34. The number of sulfonamides is 1. The van der Waals surface area contributed by atoms with Crippen LogP contribution in [0.25, 0.3) is 0 Å². The standard InChI is InChI=1S/C15H14FNO3S/c1-10-8-14(6-7-15(10)16)21(19,20)17-13-5-3-4-12(9-13)11(2)18/h3-9,17H,1-2H3. The van der Waals surface area contributed by atoms with Gasteiger partial charge in [0.2, 0.25) is 0 Å². The van der Waals surface area contributed by atoms with Crippen molar-refractivity contribution in [2.24, 2.45) is 0 Å². The highest BCUT2D eigenvalue weighted by Crippen LogP contribution is 2.19. The van der Waals surface area contributed by atoms with Gasteiger partial charge in [-0.2, -0.15) is 0 Å². The molecular weight excluding hydrogens is 293 g/mol. The summed E-state index contributed by atoms with van der Waals surface area (Å²) < 4.78 is 40.0. The van der Waals surface area contributed by atoms with Crippen LogP contribution in [0.3, 0.4) is 0 Å².